The van der Waals surface area contributed by atoms with Crippen molar-refractivity contribution >= 4 is 28.3 Å². The molecule has 1 aliphatic rings. The van der Waals surface area contributed by atoms with Crippen LogP contribution in [0.2, 0.25) is 0 Å². The number of para-hydroxylation sites is 1. The van der Waals surface area contributed by atoms with E-state index >= 15 is 0 Å². The first-order chi connectivity index (χ1) is 14.2. The van der Waals surface area contributed by atoms with Crippen LogP contribution in [0.25, 0.3) is 10.8 Å². The molecule has 0 bridgehead atoms. The first kappa shape index (κ1) is 19.2. The van der Waals surface area contributed by atoms with Gasteiger partial charge in [0.05, 0.1) is 0 Å². The van der Waals surface area contributed by atoms with Gasteiger partial charge in [-0.2, -0.15) is 0 Å². The van der Waals surface area contributed by atoms with Gasteiger partial charge in [0, 0.05) is 31.1 Å². The van der Waals surface area contributed by atoms with Crippen molar-refractivity contribution in [3.05, 3.63) is 78.4 Å². The number of nitrogens with zero attached hydrogens (tertiary/aromatic N) is 1. The van der Waals surface area contributed by atoms with Crippen LogP contribution in [0.5, 0.6) is 0 Å². The maximum atomic E-state index is 12.6. The van der Waals surface area contributed by atoms with Gasteiger partial charge in [0.1, 0.15) is 0 Å². The number of hydrogen-bond donors (Lipinski definition) is 1. The molecule has 2 amide bonds. The lowest BCUT2D eigenvalue weighted by Gasteiger charge is -2.31. The molecule has 29 heavy (non-hydrogen) atoms. The Morgan fingerprint density at radius 1 is 0.862 bits per heavy atom. The second kappa shape index (κ2) is 8.91. The van der Waals surface area contributed by atoms with Crippen LogP contribution in [0.1, 0.15) is 24.8 Å². The molecule has 1 fully saturated rings. The third-order valence-electron chi connectivity index (χ3n) is 5.70. The zero-order valence-electron chi connectivity index (χ0n) is 16.5. The smallest absolute Gasteiger partial charge is 0.227 e. The second-order valence-corrected chi connectivity index (χ2v) is 7.69. The number of amides is 2. The van der Waals surface area contributed by atoms with E-state index in [0.717, 1.165) is 24.9 Å². The van der Waals surface area contributed by atoms with Crippen molar-refractivity contribution in [1.82, 2.24) is 4.90 Å². The van der Waals surface area contributed by atoms with Crippen LogP contribution in [-0.2, 0) is 16.0 Å². The van der Waals surface area contributed by atoms with Gasteiger partial charge >= 0.3 is 0 Å². The van der Waals surface area contributed by atoms with Crippen LogP contribution < -0.4 is 5.32 Å². The lowest BCUT2D eigenvalue weighted by atomic mass is 9.95. The molecule has 3 aromatic rings. The first-order valence-electron chi connectivity index (χ1n) is 10.3. The van der Waals surface area contributed by atoms with Crippen molar-refractivity contribution in [1.29, 1.82) is 0 Å². The van der Waals surface area contributed by atoms with E-state index in [1.807, 2.05) is 47.4 Å². The molecular weight excluding hydrogens is 360 g/mol. The molecule has 1 heterocycles. The van der Waals surface area contributed by atoms with Gasteiger partial charge in [-0.25, -0.2) is 0 Å². The molecule has 1 saturated heterocycles. The number of aryl methyl sites for hydroxylation is 1. The molecule has 1 aliphatic heterocycles. The maximum Gasteiger partial charge on any atom is 0.227 e. The largest absolute Gasteiger partial charge is 0.343 e. The number of carbonyl (C=O) groups is 2. The van der Waals surface area contributed by atoms with E-state index in [1.54, 1.807) is 0 Å². The average molecular weight is 386 g/mol. The lowest BCUT2D eigenvalue weighted by molar-refractivity contribution is -0.134. The molecule has 0 atom stereocenters. The quantitative estimate of drug-likeness (QED) is 0.694. The third-order valence-corrected chi connectivity index (χ3v) is 5.70. The molecule has 4 heteroatoms. The zero-order chi connectivity index (χ0) is 20.1. The van der Waals surface area contributed by atoms with Gasteiger partial charge in [-0.05, 0) is 47.7 Å². The molecule has 4 nitrogen and oxygen atoms in total. The molecule has 0 radical (unpaired) electrons. The Morgan fingerprint density at radius 2 is 1.55 bits per heavy atom. The standard InChI is InChI=1S/C25H26N2O2/c28-24(13-11-19-10-12-20-6-4-5-7-22(20)18-19)27-16-14-21(15-17-27)25(29)26-23-8-2-1-3-9-23/h1-10,12,18,21H,11,13-17H2,(H,26,29). The van der Waals surface area contributed by atoms with Crippen LogP contribution in [0.15, 0.2) is 72.8 Å². The fourth-order valence-electron chi connectivity index (χ4n) is 3.96. The Bertz CT molecular complexity index is 992. The number of nitrogens with one attached hydrogen (secondary N) is 1. The monoisotopic (exact) mass is 386 g/mol. The topological polar surface area (TPSA) is 49.4 Å². The van der Waals surface area contributed by atoms with Crippen molar-refractivity contribution < 1.29 is 9.59 Å². The summed E-state index contributed by atoms with van der Waals surface area (Å²) < 4.78 is 0. The number of benzene rings is 3. The number of likely N-dealkylation sites (tertiary alicyclic amines) is 1. The second-order valence-electron chi connectivity index (χ2n) is 7.69. The van der Waals surface area contributed by atoms with Gasteiger partial charge in [-0.15, -0.1) is 0 Å². The van der Waals surface area contributed by atoms with Gasteiger partial charge in [-0.3, -0.25) is 9.59 Å². The van der Waals surface area contributed by atoms with E-state index in [2.05, 4.69) is 35.6 Å². The van der Waals surface area contributed by atoms with E-state index in [4.69, 9.17) is 0 Å². The van der Waals surface area contributed by atoms with Crippen LogP contribution in [0.4, 0.5) is 5.69 Å². The summed E-state index contributed by atoms with van der Waals surface area (Å²) in [5, 5.41) is 5.41. The minimum absolute atomic E-state index is 0.0280. The minimum atomic E-state index is -0.0280. The number of fused-ring (bicyclic) bond motifs is 1. The summed E-state index contributed by atoms with van der Waals surface area (Å²) >= 11 is 0. The van der Waals surface area contributed by atoms with Crippen molar-refractivity contribution in [3.63, 3.8) is 0 Å². The van der Waals surface area contributed by atoms with Crippen LogP contribution in [0.3, 0.4) is 0 Å². The summed E-state index contributed by atoms with van der Waals surface area (Å²) in [5.74, 6) is 0.208. The SMILES string of the molecule is O=C(Nc1ccccc1)C1CCN(C(=O)CCc2ccc3ccccc3c2)CC1. The zero-order valence-corrected chi connectivity index (χ0v) is 16.5. The van der Waals surface area contributed by atoms with Crippen molar-refractivity contribution in [2.45, 2.75) is 25.7 Å². The van der Waals surface area contributed by atoms with Gasteiger partial charge < -0.3 is 10.2 Å². The predicted molar refractivity (Wildman–Crippen MR) is 117 cm³/mol. The van der Waals surface area contributed by atoms with Crippen LogP contribution in [0, 0.1) is 5.92 Å². The summed E-state index contributed by atoms with van der Waals surface area (Å²) in [7, 11) is 0. The summed E-state index contributed by atoms with van der Waals surface area (Å²) in [5.41, 5.74) is 2.01. The molecule has 0 spiro atoms. The fraction of sp³-hybridized carbons (Fsp3) is 0.280. The van der Waals surface area contributed by atoms with E-state index in [1.165, 1.54) is 16.3 Å². The van der Waals surface area contributed by atoms with Gasteiger partial charge in [0.2, 0.25) is 11.8 Å². The number of anilines is 1. The molecule has 148 valence electrons. The molecule has 1 N–H and O–H groups in total. The van der Waals surface area contributed by atoms with E-state index in [0.29, 0.717) is 19.5 Å². The maximum absolute atomic E-state index is 12.6. The minimum Gasteiger partial charge on any atom is -0.343 e. The van der Waals surface area contributed by atoms with Crippen molar-refractivity contribution in [3.8, 4) is 0 Å². The predicted octanol–water partition coefficient (Wildman–Crippen LogP) is 4.65. The van der Waals surface area contributed by atoms with E-state index in [9.17, 15) is 9.59 Å². The Kier molecular flexibility index (Phi) is 5.89. The Labute approximate surface area is 171 Å². The average Bonchev–Trinajstić information content (AvgIpc) is 2.78. The van der Waals surface area contributed by atoms with Gasteiger partial charge in [0.15, 0.2) is 0 Å². The Balaban J connectivity index is 1.25. The highest BCUT2D eigenvalue weighted by Crippen LogP contribution is 2.21. The number of carbonyl (C=O) groups excluding carboxylic acids is 2. The van der Waals surface area contributed by atoms with Crippen LogP contribution >= 0.6 is 0 Å². The molecule has 0 aromatic heterocycles. The summed E-state index contributed by atoms with van der Waals surface area (Å²) in [6.45, 7) is 1.31. The van der Waals surface area contributed by atoms with Crippen LogP contribution in [-0.4, -0.2) is 29.8 Å². The van der Waals surface area contributed by atoms with Crippen molar-refractivity contribution in [2.75, 3.05) is 18.4 Å². The molecule has 4 rings (SSSR count). The summed E-state index contributed by atoms with van der Waals surface area (Å²) in [6, 6.07) is 24.2. The molecule has 3 aromatic carbocycles. The highest BCUT2D eigenvalue weighted by molar-refractivity contribution is 5.92. The fourth-order valence-corrected chi connectivity index (χ4v) is 3.96. The first-order valence-corrected chi connectivity index (χ1v) is 10.3. The molecule has 0 unspecified atom stereocenters. The highest BCUT2D eigenvalue weighted by atomic mass is 16.2. The lowest BCUT2D eigenvalue weighted by Crippen LogP contribution is -2.41. The summed E-state index contributed by atoms with van der Waals surface area (Å²) in [4.78, 5) is 27.0. The van der Waals surface area contributed by atoms with Crippen molar-refractivity contribution in [2.24, 2.45) is 5.92 Å². The summed E-state index contributed by atoms with van der Waals surface area (Å²) in [6.07, 6.45) is 2.71. The van der Waals surface area contributed by atoms with Gasteiger partial charge in [0.25, 0.3) is 0 Å². The number of piperidine rings is 1. The molecule has 0 saturated carbocycles. The highest BCUT2D eigenvalue weighted by Gasteiger charge is 2.27. The Morgan fingerprint density at radius 3 is 2.31 bits per heavy atom. The number of rotatable bonds is 5. The molecular formula is C25H26N2O2. The third kappa shape index (κ3) is 4.83. The van der Waals surface area contributed by atoms with E-state index in [-0.39, 0.29) is 17.7 Å². The Hall–Kier alpha value is -3.14. The number of hydrogen-bond acceptors (Lipinski definition) is 2. The van der Waals surface area contributed by atoms with E-state index < -0.39 is 0 Å². The normalized spacial score (nSPS) is 14.7. The van der Waals surface area contributed by atoms with Gasteiger partial charge in [-0.1, -0.05) is 60.7 Å². The molecule has 0 aliphatic carbocycles.